The maximum Gasteiger partial charge on any atom is 0.334 e. The molecule has 16 heavy (non-hydrogen) atoms. The van der Waals surface area contributed by atoms with Crippen molar-refractivity contribution in [2.24, 2.45) is 0 Å². The largest absolute Gasteiger partial charge is 1.00 e. The van der Waals surface area contributed by atoms with E-state index in [0.29, 0.717) is 11.0 Å². The monoisotopic (exact) mass is 295 g/mol. The number of aliphatic hydroxyl groups is 1. The summed E-state index contributed by atoms with van der Waals surface area (Å²) in [6, 6.07) is 0. The van der Waals surface area contributed by atoms with E-state index in [1.807, 2.05) is 21.0 Å². The van der Waals surface area contributed by atoms with Crippen LogP contribution in [0.15, 0.2) is 12.7 Å². The minimum Gasteiger partial charge on any atom is -1.00 e. The zero-order valence-electron chi connectivity index (χ0n) is 10.3. The molecule has 0 fully saturated rings. The Labute approximate surface area is 108 Å². The number of hydrogen-bond acceptors (Lipinski definition) is 3. The fourth-order valence-corrected chi connectivity index (χ4v) is 1.35. The van der Waals surface area contributed by atoms with Crippen molar-refractivity contribution >= 4 is 5.97 Å². The lowest BCUT2D eigenvalue weighted by Crippen LogP contribution is -3.00. The predicted octanol–water partition coefficient (Wildman–Crippen LogP) is -2.09. The first-order valence-electron chi connectivity index (χ1n) is 5.20. The van der Waals surface area contributed by atoms with Gasteiger partial charge in [0.25, 0.3) is 0 Å². The van der Waals surface area contributed by atoms with Gasteiger partial charge in [-0.2, -0.15) is 0 Å². The summed E-state index contributed by atoms with van der Waals surface area (Å²) in [6.45, 7) is 6.19. The molecule has 1 N–H and O–H groups in total. The number of quaternary nitrogens is 1. The highest BCUT2D eigenvalue weighted by atomic mass is 79.9. The van der Waals surface area contributed by atoms with Gasteiger partial charge in [0.05, 0.1) is 14.1 Å². The highest BCUT2D eigenvalue weighted by molar-refractivity contribution is 5.81. The lowest BCUT2D eigenvalue weighted by atomic mass is 10.2. The second-order valence-corrected chi connectivity index (χ2v) is 4.36. The Bertz CT molecular complexity index is 219. The average molecular weight is 296 g/mol. The fraction of sp³-hybridized carbons (Fsp3) is 0.727. The summed E-state index contributed by atoms with van der Waals surface area (Å²) in [5.41, 5.74) is 0. The molecule has 0 aromatic heterocycles. The molecule has 0 saturated heterocycles. The van der Waals surface area contributed by atoms with Gasteiger partial charge in [0.15, 0.2) is 0 Å². The van der Waals surface area contributed by atoms with Gasteiger partial charge in [0.1, 0.15) is 12.6 Å². The summed E-state index contributed by atoms with van der Waals surface area (Å²) in [5.74, 6) is -0.425. The number of ether oxygens (including phenoxy) is 1. The van der Waals surface area contributed by atoms with Crippen molar-refractivity contribution in [1.82, 2.24) is 0 Å². The smallest absolute Gasteiger partial charge is 0.334 e. The first-order valence-corrected chi connectivity index (χ1v) is 5.20. The van der Waals surface area contributed by atoms with E-state index in [1.165, 1.54) is 0 Å². The highest BCUT2D eigenvalue weighted by Gasteiger charge is 2.21. The Morgan fingerprint density at radius 1 is 1.56 bits per heavy atom. The van der Waals surface area contributed by atoms with Crippen LogP contribution < -0.4 is 17.0 Å². The molecule has 0 saturated carbocycles. The van der Waals surface area contributed by atoms with E-state index < -0.39 is 5.97 Å². The molecule has 96 valence electrons. The Hall–Kier alpha value is -0.390. The normalized spacial score (nSPS) is 12.5. The van der Waals surface area contributed by atoms with Crippen molar-refractivity contribution in [2.75, 3.05) is 27.4 Å². The third kappa shape index (κ3) is 8.88. The van der Waals surface area contributed by atoms with Crippen LogP contribution in [0, 0.1) is 0 Å². The van der Waals surface area contributed by atoms with E-state index in [9.17, 15) is 9.90 Å². The minimum absolute atomic E-state index is 0. The summed E-state index contributed by atoms with van der Waals surface area (Å²) in [7, 11) is 3.82. The number of esters is 1. The van der Waals surface area contributed by atoms with Gasteiger partial charge in [-0.3, -0.25) is 4.48 Å². The van der Waals surface area contributed by atoms with Gasteiger partial charge in [-0.1, -0.05) is 19.9 Å². The third-order valence-electron chi connectivity index (χ3n) is 2.05. The second-order valence-electron chi connectivity index (χ2n) is 4.36. The lowest BCUT2D eigenvalue weighted by Gasteiger charge is -2.30. The van der Waals surface area contributed by atoms with Crippen LogP contribution in [0.1, 0.15) is 19.8 Å². The van der Waals surface area contributed by atoms with E-state index in [4.69, 9.17) is 4.74 Å². The zero-order valence-corrected chi connectivity index (χ0v) is 11.9. The second kappa shape index (κ2) is 8.73. The molecule has 1 unspecified atom stereocenters. The summed E-state index contributed by atoms with van der Waals surface area (Å²) in [6.07, 6.45) is 2.53. The van der Waals surface area contributed by atoms with Crippen LogP contribution in [-0.4, -0.2) is 49.0 Å². The van der Waals surface area contributed by atoms with Crippen molar-refractivity contribution in [3.63, 3.8) is 0 Å². The van der Waals surface area contributed by atoms with Crippen LogP contribution in [0.4, 0.5) is 0 Å². The van der Waals surface area contributed by atoms with Crippen molar-refractivity contribution in [1.29, 1.82) is 0 Å². The van der Waals surface area contributed by atoms with Crippen LogP contribution in [-0.2, 0) is 9.53 Å². The lowest BCUT2D eigenvalue weighted by molar-refractivity contribution is -0.910. The van der Waals surface area contributed by atoms with Crippen molar-refractivity contribution in [2.45, 2.75) is 25.9 Å². The number of carbonyl (C=O) groups excluding carboxylic acids is 1. The topological polar surface area (TPSA) is 46.5 Å². The number of carbonyl (C=O) groups is 1. The van der Waals surface area contributed by atoms with Crippen LogP contribution in [0.2, 0.25) is 0 Å². The molecule has 0 heterocycles. The molecule has 0 aliphatic heterocycles. The quantitative estimate of drug-likeness (QED) is 0.254. The molecule has 0 amide bonds. The molecule has 0 aromatic rings. The van der Waals surface area contributed by atoms with E-state index in [2.05, 4.69) is 6.58 Å². The maximum atomic E-state index is 10.9. The Morgan fingerprint density at radius 2 is 2.12 bits per heavy atom. The van der Waals surface area contributed by atoms with Crippen molar-refractivity contribution < 1.29 is 36.1 Å². The summed E-state index contributed by atoms with van der Waals surface area (Å²) >= 11 is 0. The van der Waals surface area contributed by atoms with Crippen LogP contribution >= 0.6 is 0 Å². The van der Waals surface area contributed by atoms with Crippen molar-refractivity contribution in [3.05, 3.63) is 12.7 Å². The molecule has 0 rings (SSSR count). The van der Waals surface area contributed by atoms with Gasteiger partial charge in [0.2, 0.25) is 6.73 Å². The van der Waals surface area contributed by atoms with Gasteiger partial charge in [-0.05, 0) is 6.42 Å². The number of aliphatic hydroxyl groups excluding tert-OH is 1. The Morgan fingerprint density at radius 3 is 2.56 bits per heavy atom. The summed E-state index contributed by atoms with van der Waals surface area (Å²) < 4.78 is 5.40. The maximum absolute atomic E-state index is 10.9. The number of nitrogens with zero attached hydrogens (tertiary/aromatic N) is 1. The predicted molar refractivity (Wildman–Crippen MR) is 59.0 cm³/mol. The Balaban J connectivity index is 0. The van der Waals surface area contributed by atoms with Crippen LogP contribution in [0.3, 0.4) is 0 Å². The van der Waals surface area contributed by atoms with Gasteiger partial charge in [-0.25, -0.2) is 4.79 Å². The standard InChI is InChI=1S/C11H22NO3.BrH/c1-5-7-10(13)8-12(3,4)9-15-11(14)6-2;/h6,10,13H,2,5,7-9H2,1,3-4H3;1H/q+1;/p-1. The first-order chi connectivity index (χ1) is 6.91. The molecule has 0 aliphatic rings. The summed E-state index contributed by atoms with van der Waals surface area (Å²) in [5, 5.41) is 9.63. The van der Waals surface area contributed by atoms with E-state index in [-0.39, 0.29) is 29.8 Å². The molecule has 5 heteroatoms. The number of halogens is 1. The van der Waals surface area contributed by atoms with Crippen LogP contribution in [0.25, 0.3) is 0 Å². The zero-order chi connectivity index (χ0) is 11.9. The van der Waals surface area contributed by atoms with Gasteiger partial charge >= 0.3 is 5.97 Å². The molecule has 0 aromatic carbocycles. The van der Waals surface area contributed by atoms with Crippen molar-refractivity contribution in [3.8, 4) is 0 Å². The van der Waals surface area contributed by atoms with Gasteiger partial charge in [0, 0.05) is 6.08 Å². The molecule has 0 spiro atoms. The SMILES string of the molecule is C=CC(=O)OC[N+](C)(C)CC(O)CCC.[Br-]. The van der Waals surface area contributed by atoms with Crippen LogP contribution in [0.5, 0.6) is 0 Å². The van der Waals surface area contributed by atoms with Gasteiger partial charge in [-0.15, -0.1) is 0 Å². The highest BCUT2D eigenvalue weighted by Crippen LogP contribution is 2.05. The van der Waals surface area contributed by atoms with Gasteiger partial charge < -0.3 is 26.8 Å². The minimum atomic E-state index is -0.425. The molecule has 4 nitrogen and oxygen atoms in total. The summed E-state index contributed by atoms with van der Waals surface area (Å²) in [4.78, 5) is 10.9. The fourth-order valence-electron chi connectivity index (χ4n) is 1.35. The third-order valence-corrected chi connectivity index (χ3v) is 2.05. The Kier molecular flexibility index (Phi) is 9.81. The first kappa shape index (κ1) is 18.0. The molecular formula is C11H22BrNO3. The van der Waals surface area contributed by atoms with E-state index in [1.54, 1.807) is 0 Å². The average Bonchev–Trinajstić information content (AvgIpc) is 2.13. The van der Waals surface area contributed by atoms with E-state index >= 15 is 0 Å². The number of likely N-dealkylation sites (N-methyl/N-ethyl adjacent to an activating group) is 1. The molecule has 0 aliphatic carbocycles. The number of hydrogen-bond donors (Lipinski definition) is 1. The molecule has 0 bridgehead atoms. The van der Waals surface area contributed by atoms with E-state index in [0.717, 1.165) is 18.9 Å². The molecular weight excluding hydrogens is 274 g/mol. The molecule has 0 radical (unpaired) electrons. The molecule has 1 atom stereocenters. The number of rotatable bonds is 7.